The van der Waals surface area contributed by atoms with E-state index in [-0.39, 0.29) is 0 Å². The number of hydrogen-bond donors (Lipinski definition) is 0. The van der Waals surface area contributed by atoms with Crippen LogP contribution in [0, 0.1) is 13.8 Å². The first-order chi connectivity index (χ1) is 4.13. The summed E-state index contributed by atoms with van der Waals surface area (Å²) in [4.78, 5) is 0. The molecule has 9 heavy (non-hydrogen) atoms. The summed E-state index contributed by atoms with van der Waals surface area (Å²) >= 11 is 0. The third-order valence-corrected chi connectivity index (χ3v) is 2.58. The van der Waals surface area contributed by atoms with Gasteiger partial charge in [0.1, 0.15) is 0 Å². The van der Waals surface area contributed by atoms with Crippen molar-refractivity contribution in [3.05, 3.63) is 17.3 Å². The average molecular weight is 141 g/mol. The summed E-state index contributed by atoms with van der Waals surface area (Å²) in [6.45, 7) is 4.26. The van der Waals surface area contributed by atoms with Gasteiger partial charge in [0.15, 0.2) is 0 Å². The molecule has 0 aromatic carbocycles. The van der Waals surface area contributed by atoms with Crippen molar-refractivity contribution >= 4 is 14.7 Å². The largest absolute Gasteiger partial charge is 0.351 e. The van der Waals surface area contributed by atoms with Gasteiger partial charge in [-0.2, -0.15) is 0 Å². The van der Waals surface area contributed by atoms with E-state index < -0.39 is 0 Å². The molecule has 0 amide bonds. The second-order valence-electron chi connectivity index (χ2n) is 2.43. The molecule has 1 atom stereocenters. The molecule has 0 saturated heterocycles. The van der Waals surface area contributed by atoms with E-state index in [9.17, 15) is 0 Å². The van der Waals surface area contributed by atoms with Gasteiger partial charge in [-0.25, -0.2) is 0 Å². The van der Waals surface area contributed by atoms with E-state index >= 15 is 0 Å². The van der Waals surface area contributed by atoms with Crippen LogP contribution in [0.5, 0.6) is 0 Å². The molecule has 1 unspecified atom stereocenters. The van der Waals surface area contributed by atoms with Crippen molar-refractivity contribution in [2.75, 3.05) is 0 Å². The first-order valence-corrected chi connectivity index (χ1v) is 3.58. The Hall–Kier alpha value is -0.290. The van der Waals surface area contributed by atoms with E-state index in [4.69, 9.17) is 0 Å². The summed E-state index contributed by atoms with van der Waals surface area (Å²) in [6.07, 6.45) is 2.14. The highest BCUT2D eigenvalue weighted by molar-refractivity contribution is 7.27. The number of rotatable bonds is 0. The molecule has 50 valence electrons. The van der Waals surface area contributed by atoms with Crippen molar-refractivity contribution < 1.29 is 0 Å². The third kappa shape index (κ3) is 1.02. The van der Waals surface area contributed by atoms with Gasteiger partial charge in [0.05, 0.1) is 0 Å². The predicted molar refractivity (Wildman–Crippen MR) is 44.2 cm³/mol. The molecule has 0 spiro atoms. The van der Waals surface area contributed by atoms with Crippen LogP contribution < -0.4 is 5.44 Å². The van der Waals surface area contributed by atoms with Crippen LogP contribution >= 0.6 is 9.24 Å². The highest BCUT2D eigenvalue weighted by Gasteiger charge is 1.99. The molecule has 0 saturated carbocycles. The fraction of sp³-hybridized carbons (Fsp3) is 0.429. The fourth-order valence-corrected chi connectivity index (χ4v) is 1.23. The van der Waals surface area contributed by atoms with Crippen molar-refractivity contribution in [2.45, 2.75) is 13.8 Å². The molecule has 0 aliphatic rings. The van der Waals surface area contributed by atoms with Crippen molar-refractivity contribution in [1.82, 2.24) is 4.57 Å². The van der Waals surface area contributed by atoms with Crippen molar-refractivity contribution in [2.24, 2.45) is 7.05 Å². The van der Waals surface area contributed by atoms with Crippen LogP contribution in [0.1, 0.15) is 11.1 Å². The topological polar surface area (TPSA) is 4.93 Å². The quantitative estimate of drug-likeness (QED) is 0.477. The van der Waals surface area contributed by atoms with Crippen LogP contribution in [-0.2, 0) is 7.05 Å². The lowest BCUT2D eigenvalue weighted by Gasteiger charge is -1.93. The first kappa shape index (κ1) is 6.82. The molecule has 1 heterocycles. The second kappa shape index (κ2) is 2.15. The third-order valence-electron chi connectivity index (χ3n) is 1.74. The summed E-state index contributed by atoms with van der Waals surface area (Å²) in [5, 5.41) is 0. The molecular weight excluding hydrogens is 129 g/mol. The van der Waals surface area contributed by atoms with E-state index in [2.05, 4.69) is 40.9 Å². The zero-order valence-corrected chi connectivity index (χ0v) is 7.26. The molecule has 1 rings (SSSR count). The van der Waals surface area contributed by atoms with E-state index in [0.717, 1.165) is 0 Å². The Labute approximate surface area is 58.3 Å². The van der Waals surface area contributed by atoms with Gasteiger partial charge in [-0.3, -0.25) is 0 Å². The summed E-state index contributed by atoms with van der Waals surface area (Å²) in [5.74, 6) is 0. The number of aromatic nitrogens is 1. The maximum atomic E-state index is 2.73. The SMILES string of the molecule is Cc1cn(C)c(P)c1C. The molecule has 0 aliphatic carbocycles. The van der Waals surface area contributed by atoms with Gasteiger partial charge in [0.25, 0.3) is 0 Å². The minimum atomic E-state index is 1.28. The molecule has 1 aromatic heterocycles. The van der Waals surface area contributed by atoms with Gasteiger partial charge in [-0.15, -0.1) is 0 Å². The molecule has 0 bridgehead atoms. The average Bonchev–Trinajstić information content (AvgIpc) is 1.98. The van der Waals surface area contributed by atoms with Crippen LogP contribution in [-0.4, -0.2) is 4.57 Å². The molecule has 0 radical (unpaired) electrons. The minimum Gasteiger partial charge on any atom is -0.351 e. The van der Waals surface area contributed by atoms with Crippen LogP contribution in [0.4, 0.5) is 0 Å². The van der Waals surface area contributed by atoms with Crippen LogP contribution in [0.3, 0.4) is 0 Å². The Kier molecular flexibility index (Phi) is 1.63. The molecule has 2 heteroatoms. The maximum Gasteiger partial charge on any atom is 0.0376 e. The Morgan fingerprint density at radius 2 is 2.00 bits per heavy atom. The summed E-state index contributed by atoms with van der Waals surface area (Å²) < 4.78 is 2.12. The predicted octanol–water partition coefficient (Wildman–Crippen LogP) is 1.14. The zero-order chi connectivity index (χ0) is 7.02. The Morgan fingerprint density at radius 3 is 2.11 bits per heavy atom. The van der Waals surface area contributed by atoms with Crippen molar-refractivity contribution in [1.29, 1.82) is 0 Å². The summed E-state index contributed by atoms with van der Waals surface area (Å²) in [5.41, 5.74) is 4.03. The van der Waals surface area contributed by atoms with Crippen LogP contribution in [0.15, 0.2) is 6.20 Å². The van der Waals surface area contributed by atoms with Gasteiger partial charge < -0.3 is 4.57 Å². The number of nitrogens with zero attached hydrogens (tertiary/aromatic N) is 1. The zero-order valence-electron chi connectivity index (χ0n) is 6.10. The molecular formula is C7H12NP. The Bertz CT molecular complexity index is 203. The molecule has 0 fully saturated rings. The highest BCUT2D eigenvalue weighted by Crippen LogP contribution is 2.06. The maximum absolute atomic E-state index is 2.73. The lowest BCUT2D eigenvalue weighted by molar-refractivity contribution is 0.956. The summed E-state index contributed by atoms with van der Waals surface area (Å²) in [7, 11) is 4.79. The molecule has 0 N–H and O–H groups in total. The molecule has 1 nitrogen and oxygen atoms in total. The normalized spacial score (nSPS) is 10.2. The summed E-state index contributed by atoms with van der Waals surface area (Å²) in [6, 6.07) is 0. The van der Waals surface area contributed by atoms with Gasteiger partial charge >= 0.3 is 0 Å². The van der Waals surface area contributed by atoms with Gasteiger partial charge in [-0.05, 0) is 25.0 Å². The number of aryl methyl sites for hydroxylation is 2. The van der Waals surface area contributed by atoms with E-state index in [1.165, 1.54) is 16.6 Å². The molecule has 1 aromatic rings. The second-order valence-corrected chi connectivity index (χ2v) is 2.98. The number of hydrogen-bond acceptors (Lipinski definition) is 0. The first-order valence-electron chi connectivity index (χ1n) is 3.01. The Morgan fingerprint density at radius 1 is 1.44 bits per heavy atom. The van der Waals surface area contributed by atoms with Crippen LogP contribution in [0.2, 0.25) is 0 Å². The Balaban J connectivity index is 3.29. The lowest BCUT2D eigenvalue weighted by atomic mass is 10.2. The smallest absolute Gasteiger partial charge is 0.0376 e. The van der Waals surface area contributed by atoms with Gasteiger partial charge in [-0.1, -0.05) is 9.24 Å². The van der Waals surface area contributed by atoms with Crippen molar-refractivity contribution in [3.8, 4) is 0 Å². The van der Waals surface area contributed by atoms with Gasteiger partial charge in [0.2, 0.25) is 0 Å². The monoisotopic (exact) mass is 141 g/mol. The minimum absolute atomic E-state index is 1.28. The van der Waals surface area contributed by atoms with E-state index in [1.54, 1.807) is 0 Å². The molecule has 0 aliphatic heterocycles. The van der Waals surface area contributed by atoms with Crippen molar-refractivity contribution in [3.63, 3.8) is 0 Å². The standard InChI is InChI=1S/C7H12NP/c1-5-4-8(3)7(9)6(5)2/h4H,9H2,1-3H3. The highest BCUT2D eigenvalue weighted by atomic mass is 31.0. The lowest BCUT2D eigenvalue weighted by Crippen LogP contribution is -2.04. The van der Waals surface area contributed by atoms with Crippen LogP contribution in [0.25, 0.3) is 0 Å². The van der Waals surface area contributed by atoms with E-state index in [0.29, 0.717) is 0 Å². The van der Waals surface area contributed by atoms with E-state index in [1.807, 2.05) is 0 Å². The fourth-order valence-electron chi connectivity index (χ4n) is 0.923. The van der Waals surface area contributed by atoms with Gasteiger partial charge in [0, 0.05) is 18.7 Å².